The Hall–Kier alpha value is -2.49. The Labute approximate surface area is 98.1 Å². The van der Waals surface area contributed by atoms with Gasteiger partial charge in [0, 0.05) is 6.07 Å². The van der Waals surface area contributed by atoms with Gasteiger partial charge in [-0.05, 0) is 18.2 Å². The van der Waals surface area contributed by atoms with E-state index >= 15 is 0 Å². The van der Waals surface area contributed by atoms with Gasteiger partial charge in [0.25, 0.3) is 0 Å². The van der Waals surface area contributed by atoms with Crippen LogP contribution in [0.1, 0.15) is 0 Å². The Bertz CT molecular complexity index is 646. The fourth-order valence-electron chi connectivity index (χ4n) is 1.68. The van der Waals surface area contributed by atoms with E-state index in [2.05, 4.69) is 9.97 Å². The van der Waals surface area contributed by atoms with Crippen molar-refractivity contribution in [3.05, 3.63) is 48.8 Å². The number of rotatable bonds is 2. The molecule has 0 unspecified atom stereocenters. The molecule has 2 aromatic carbocycles. The molecule has 0 aliphatic carbocycles. The monoisotopic (exact) mass is 225 g/mol. The lowest BCUT2D eigenvalue weighted by molar-refractivity contribution is 0.486. The normalized spacial score (nSPS) is 10.6. The SMILES string of the molecule is Nc1cc2[nH]cnc2cc1Oc1ccccc1. The van der Waals surface area contributed by atoms with Crippen LogP contribution in [0.15, 0.2) is 48.8 Å². The molecule has 17 heavy (non-hydrogen) atoms. The maximum atomic E-state index is 5.92. The third-order valence-electron chi connectivity index (χ3n) is 2.52. The molecule has 1 heterocycles. The second kappa shape index (κ2) is 3.83. The zero-order valence-electron chi connectivity index (χ0n) is 9.05. The van der Waals surface area contributed by atoms with Crippen molar-refractivity contribution in [1.82, 2.24) is 9.97 Å². The molecule has 3 aromatic rings. The number of nitrogens with two attached hydrogens (primary N) is 1. The lowest BCUT2D eigenvalue weighted by Gasteiger charge is -2.08. The van der Waals surface area contributed by atoms with Gasteiger partial charge < -0.3 is 15.5 Å². The Morgan fingerprint density at radius 2 is 1.94 bits per heavy atom. The summed E-state index contributed by atoms with van der Waals surface area (Å²) in [6, 6.07) is 13.2. The van der Waals surface area contributed by atoms with Crippen molar-refractivity contribution in [2.75, 3.05) is 5.73 Å². The van der Waals surface area contributed by atoms with Crippen LogP contribution in [0.5, 0.6) is 11.5 Å². The molecule has 0 radical (unpaired) electrons. The molecule has 3 rings (SSSR count). The van der Waals surface area contributed by atoms with E-state index in [9.17, 15) is 0 Å². The van der Waals surface area contributed by atoms with Crippen molar-refractivity contribution >= 4 is 16.7 Å². The van der Waals surface area contributed by atoms with Crippen molar-refractivity contribution in [1.29, 1.82) is 0 Å². The van der Waals surface area contributed by atoms with Crippen LogP contribution in [0.2, 0.25) is 0 Å². The molecule has 3 N–H and O–H groups in total. The summed E-state index contributed by atoms with van der Waals surface area (Å²) in [6.07, 6.45) is 1.64. The number of imidazole rings is 1. The number of aromatic nitrogens is 2. The quantitative estimate of drug-likeness (QED) is 0.659. The number of anilines is 1. The molecule has 1 aromatic heterocycles. The summed E-state index contributed by atoms with van der Waals surface area (Å²) in [7, 11) is 0. The number of ether oxygens (including phenoxy) is 1. The van der Waals surface area contributed by atoms with E-state index in [4.69, 9.17) is 10.5 Å². The van der Waals surface area contributed by atoms with Crippen LogP contribution in [-0.2, 0) is 0 Å². The van der Waals surface area contributed by atoms with Crippen molar-refractivity contribution in [2.24, 2.45) is 0 Å². The number of nitrogens with one attached hydrogen (secondary N) is 1. The molecule has 84 valence electrons. The van der Waals surface area contributed by atoms with Gasteiger partial charge in [0.15, 0.2) is 5.75 Å². The van der Waals surface area contributed by atoms with Crippen LogP contribution in [-0.4, -0.2) is 9.97 Å². The Balaban J connectivity index is 2.02. The molecule has 0 spiro atoms. The summed E-state index contributed by atoms with van der Waals surface area (Å²) >= 11 is 0. The largest absolute Gasteiger partial charge is 0.455 e. The summed E-state index contributed by atoms with van der Waals surface area (Å²) in [5.41, 5.74) is 8.25. The molecule has 0 aliphatic rings. The van der Waals surface area contributed by atoms with Crippen molar-refractivity contribution in [2.45, 2.75) is 0 Å². The minimum Gasteiger partial charge on any atom is -0.455 e. The summed E-state index contributed by atoms with van der Waals surface area (Å²) in [5, 5.41) is 0. The number of nitrogen functional groups attached to an aromatic ring is 1. The maximum Gasteiger partial charge on any atom is 0.152 e. The molecule has 4 heteroatoms. The van der Waals surface area contributed by atoms with Gasteiger partial charge in [0.1, 0.15) is 5.75 Å². The van der Waals surface area contributed by atoms with E-state index in [-0.39, 0.29) is 0 Å². The summed E-state index contributed by atoms with van der Waals surface area (Å²) in [4.78, 5) is 7.18. The Kier molecular flexibility index (Phi) is 2.19. The highest BCUT2D eigenvalue weighted by Crippen LogP contribution is 2.30. The first-order valence-electron chi connectivity index (χ1n) is 5.28. The predicted octanol–water partition coefficient (Wildman–Crippen LogP) is 2.94. The Morgan fingerprint density at radius 1 is 1.12 bits per heavy atom. The summed E-state index contributed by atoms with van der Waals surface area (Å²) < 4.78 is 5.71. The molecule has 0 atom stereocenters. The number of nitrogens with zero attached hydrogens (tertiary/aromatic N) is 1. The molecule has 0 saturated carbocycles. The first-order chi connectivity index (χ1) is 8.33. The summed E-state index contributed by atoms with van der Waals surface area (Å²) in [5.74, 6) is 1.38. The minimum absolute atomic E-state index is 0.589. The van der Waals surface area contributed by atoms with Crippen LogP contribution in [0.4, 0.5) is 5.69 Å². The van der Waals surface area contributed by atoms with Crippen LogP contribution >= 0.6 is 0 Å². The van der Waals surface area contributed by atoms with Crippen molar-refractivity contribution in [3.8, 4) is 11.5 Å². The van der Waals surface area contributed by atoms with Gasteiger partial charge >= 0.3 is 0 Å². The van der Waals surface area contributed by atoms with Gasteiger partial charge in [-0.2, -0.15) is 0 Å². The fraction of sp³-hybridized carbons (Fsp3) is 0. The number of hydrogen-bond donors (Lipinski definition) is 2. The molecular formula is C13H11N3O. The van der Waals surface area contributed by atoms with E-state index in [1.165, 1.54) is 0 Å². The molecule has 0 saturated heterocycles. The van der Waals surface area contributed by atoms with Crippen LogP contribution in [0.3, 0.4) is 0 Å². The lowest BCUT2D eigenvalue weighted by Crippen LogP contribution is -1.92. The van der Waals surface area contributed by atoms with Gasteiger partial charge in [-0.25, -0.2) is 4.98 Å². The lowest BCUT2D eigenvalue weighted by atomic mass is 10.2. The first kappa shape index (κ1) is 9.72. The third-order valence-corrected chi connectivity index (χ3v) is 2.52. The highest BCUT2D eigenvalue weighted by Gasteiger charge is 2.05. The van der Waals surface area contributed by atoms with Crippen LogP contribution in [0, 0.1) is 0 Å². The number of benzene rings is 2. The third kappa shape index (κ3) is 1.80. The van der Waals surface area contributed by atoms with Gasteiger partial charge in [0.05, 0.1) is 23.0 Å². The zero-order chi connectivity index (χ0) is 11.7. The molecule has 0 aliphatic heterocycles. The molecule has 0 fully saturated rings. The van der Waals surface area contributed by atoms with Crippen LogP contribution in [0.25, 0.3) is 11.0 Å². The average molecular weight is 225 g/mol. The number of H-pyrrole nitrogens is 1. The fourth-order valence-corrected chi connectivity index (χ4v) is 1.68. The number of fused-ring (bicyclic) bond motifs is 1. The molecule has 4 nitrogen and oxygen atoms in total. The minimum atomic E-state index is 0.589. The second-order valence-corrected chi connectivity index (χ2v) is 3.72. The van der Waals surface area contributed by atoms with Gasteiger partial charge in [0.2, 0.25) is 0 Å². The molecule has 0 bridgehead atoms. The smallest absolute Gasteiger partial charge is 0.152 e. The van der Waals surface area contributed by atoms with E-state index in [0.717, 1.165) is 16.8 Å². The van der Waals surface area contributed by atoms with Gasteiger partial charge in [-0.3, -0.25) is 0 Å². The number of hydrogen-bond acceptors (Lipinski definition) is 3. The average Bonchev–Trinajstić information content (AvgIpc) is 2.78. The van der Waals surface area contributed by atoms with E-state index in [1.807, 2.05) is 42.5 Å². The maximum absolute atomic E-state index is 5.92. The van der Waals surface area contributed by atoms with Crippen LogP contribution < -0.4 is 10.5 Å². The molecular weight excluding hydrogens is 214 g/mol. The summed E-state index contributed by atoms with van der Waals surface area (Å²) in [6.45, 7) is 0. The highest BCUT2D eigenvalue weighted by molar-refractivity contribution is 5.82. The number of para-hydroxylation sites is 1. The highest BCUT2D eigenvalue weighted by atomic mass is 16.5. The Morgan fingerprint density at radius 3 is 2.76 bits per heavy atom. The van der Waals surface area contributed by atoms with E-state index in [0.29, 0.717) is 11.4 Å². The first-order valence-corrected chi connectivity index (χ1v) is 5.28. The topological polar surface area (TPSA) is 63.9 Å². The van der Waals surface area contributed by atoms with Gasteiger partial charge in [-0.15, -0.1) is 0 Å². The number of aromatic amines is 1. The van der Waals surface area contributed by atoms with E-state index in [1.54, 1.807) is 6.33 Å². The van der Waals surface area contributed by atoms with Crippen molar-refractivity contribution < 1.29 is 4.74 Å². The van der Waals surface area contributed by atoms with E-state index < -0.39 is 0 Å². The standard InChI is InChI=1S/C13H11N3O/c14-10-6-11-12(16-8-15-11)7-13(10)17-9-4-2-1-3-5-9/h1-8H,14H2,(H,15,16). The second-order valence-electron chi connectivity index (χ2n) is 3.72. The van der Waals surface area contributed by atoms with Gasteiger partial charge in [-0.1, -0.05) is 18.2 Å². The molecule has 0 amide bonds. The van der Waals surface area contributed by atoms with Crippen molar-refractivity contribution in [3.63, 3.8) is 0 Å². The zero-order valence-corrected chi connectivity index (χ0v) is 9.05. The predicted molar refractivity (Wildman–Crippen MR) is 67.0 cm³/mol.